The zero-order valence-electron chi connectivity index (χ0n) is 9.02. The highest BCUT2D eigenvalue weighted by Gasteiger charge is 2.10. The van der Waals surface area contributed by atoms with Crippen molar-refractivity contribution in [1.82, 2.24) is 14.8 Å². The molecule has 2 aromatic rings. The van der Waals surface area contributed by atoms with E-state index in [0.29, 0.717) is 5.82 Å². The van der Waals surface area contributed by atoms with E-state index in [4.69, 9.17) is 5.73 Å². The molecule has 2 N–H and O–H groups in total. The van der Waals surface area contributed by atoms with Gasteiger partial charge in [-0.3, -0.25) is 4.68 Å². The Balaban J connectivity index is 2.33. The number of anilines is 1. The third kappa shape index (κ3) is 2.09. The van der Waals surface area contributed by atoms with Crippen LogP contribution in [0.4, 0.5) is 5.82 Å². The number of nitrogens with two attached hydrogens (primary N) is 1. The lowest BCUT2D eigenvalue weighted by molar-refractivity contribution is 0.629. The molecule has 0 spiro atoms. The van der Waals surface area contributed by atoms with Crippen molar-refractivity contribution in [2.75, 3.05) is 5.73 Å². The molecule has 0 atom stereocenters. The maximum atomic E-state index is 5.82. The van der Waals surface area contributed by atoms with Gasteiger partial charge in [0.2, 0.25) is 0 Å². The highest BCUT2D eigenvalue weighted by molar-refractivity contribution is 9.10. The van der Waals surface area contributed by atoms with E-state index in [1.165, 1.54) is 0 Å². The Morgan fingerprint density at radius 2 is 2.31 bits per heavy atom. The van der Waals surface area contributed by atoms with Gasteiger partial charge in [0.15, 0.2) is 0 Å². The predicted molar refractivity (Wildman–Crippen MR) is 67.1 cm³/mol. The Bertz CT molecular complexity index is 492. The summed E-state index contributed by atoms with van der Waals surface area (Å²) in [7, 11) is 0. The van der Waals surface area contributed by atoms with Crippen molar-refractivity contribution in [3.05, 3.63) is 40.3 Å². The van der Waals surface area contributed by atoms with Gasteiger partial charge < -0.3 is 5.73 Å². The summed E-state index contributed by atoms with van der Waals surface area (Å²) in [5.41, 5.74) is 7.98. The zero-order chi connectivity index (χ0) is 11.5. The molecule has 0 aliphatic carbocycles. The Morgan fingerprint density at radius 1 is 1.50 bits per heavy atom. The third-order valence-electron chi connectivity index (χ3n) is 2.48. The van der Waals surface area contributed by atoms with Crippen LogP contribution in [0.15, 0.2) is 29.0 Å². The second-order valence-corrected chi connectivity index (χ2v) is 4.33. The lowest BCUT2D eigenvalue weighted by Gasteiger charge is -2.07. The highest BCUT2D eigenvalue weighted by atomic mass is 79.9. The van der Waals surface area contributed by atoms with Crippen LogP contribution in [0.1, 0.15) is 18.2 Å². The number of nitrogens with zero attached hydrogens (tertiary/aromatic N) is 3. The van der Waals surface area contributed by atoms with E-state index in [0.717, 1.165) is 28.7 Å². The fourth-order valence-corrected chi connectivity index (χ4v) is 2.05. The van der Waals surface area contributed by atoms with Gasteiger partial charge in [-0.1, -0.05) is 6.07 Å². The number of aryl methyl sites for hydroxylation is 1. The molecule has 4 nitrogen and oxygen atoms in total. The molecule has 0 aliphatic rings. The lowest BCUT2D eigenvalue weighted by atomic mass is 10.1. The molecule has 0 saturated heterocycles. The number of aromatic nitrogens is 3. The van der Waals surface area contributed by atoms with E-state index in [2.05, 4.69) is 32.9 Å². The maximum absolute atomic E-state index is 5.82. The molecule has 0 amide bonds. The minimum atomic E-state index is 0.582. The van der Waals surface area contributed by atoms with Gasteiger partial charge in [0.1, 0.15) is 5.82 Å². The Labute approximate surface area is 103 Å². The standard InChI is InChI=1S/C11H13BrN4/c1-2-16-10(9(12)7-15-16)6-8-4-3-5-14-11(8)13/h3-5,7H,2,6H2,1H3,(H2,13,14). The van der Waals surface area contributed by atoms with Crippen molar-refractivity contribution < 1.29 is 0 Å². The number of nitrogen functional groups attached to an aromatic ring is 1. The Kier molecular flexibility index (Phi) is 3.24. The molecule has 2 aromatic heterocycles. The first-order chi connectivity index (χ1) is 7.72. The summed E-state index contributed by atoms with van der Waals surface area (Å²) in [6, 6.07) is 3.88. The van der Waals surface area contributed by atoms with Crippen LogP contribution in [0.25, 0.3) is 0 Å². The summed E-state index contributed by atoms with van der Waals surface area (Å²) in [5.74, 6) is 0.582. The van der Waals surface area contributed by atoms with Gasteiger partial charge in [-0.2, -0.15) is 5.10 Å². The quantitative estimate of drug-likeness (QED) is 0.938. The number of hydrogen-bond donors (Lipinski definition) is 1. The van der Waals surface area contributed by atoms with Crippen LogP contribution in [-0.4, -0.2) is 14.8 Å². The van der Waals surface area contributed by atoms with Crippen LogP contribution in [0.2, 0.25) is 0 Å². The molecular weight excluding hydrogens is 268 g/mol. The minimum absolute atomic E-state index is 0.582. The molecule has 0 aliphatic heterocycles. The summed E-state index contributed by atoms with van der Waals surface area (Å²) >= 11 is 3.50. The average molecular weight is 281 g/mol. The van der Waals surface area contributed by atoms with Gasteiger partial charge in [0.05, 0.1) is 16.4 Å². The smallest absolute Gasteiger partial charge is 0.126 e. The van der Waals surface area contributed by atoms with Gasteiger partial charge >= 0.3 is 0 Å². The molecule has 0 fully saturated rings. The first-order valence-corrected chi connectivity index (χ1v) is 5.91. The van der Waals surface area contributed by atoms with Crippen molar-refractivity contribution in [3.63, 3.8) is 0 Å². The molecule has 84 valence electrons. The van der Waals surface area contributed by atoms with E-state index >= 15 is 0 Å². The monoisotopic (exact) mass is 280 g/mol. The van der Waals surface area contributed by atoms with Crippen molar-refractivity contribution in [3.8, 4) is 0 Å². The van der Waals surface area contributed by atoms with Crippen molar-refractivity contribution in [1.29, 1.82) is 0 Å². The molecule has 5 heteroatoms. The molecule has 2 rings (SSSR count). The summed E-state index contributed by atoms with van der Waals surface area (Å²) in [5, 5.41) is 4.27. The van der Waals surface area contributed by atoms with Gasteiger partial charge in [0.25, 0.3) is 0 Å². The van der Waals surface area contributed by atoms with E-state index in [1.54, 1.807) is 6.20 Å². The molecule has 0 aromatic carbocycles. The summed E-state index contributed by atoms with van der Waals surface area (Å²) in [6.45, 7) is 2.91. The van der Waals surface area contributed by atoms with Crippen LogP contribution in [-0.2, 0) is 13.0 Å². The Hall–Kier alpha value is -1.36. The van der Waals surface area contributed by atoms with Crippen LogP contribution in [0, 0.1) is 0 Å². The van der Waals surface area contributed by atoms with Crippen LogP contribution >= 0.6 is 15.9 Å². The molecule has 0 radical (unpaired) electrons. The lowest BCUT2D eigenvalue weighted by Crippen LogP contribution is -2.05. The highest BCUT2D eigenvalue weighted by Crippen LogP contribution is 2.21. The van der Waals surface area contributed by atoms with E-state index in [-0.39, 0.29) is 0 Å². The van der Waals surface area contributed by atoms with Gasteiger partial charge in [0, 0.05) is 24.7 Å². The van der Waals surface area contributed by atoms with E-state index in [9.17, 15) is 0 Å². The van der Waals surface area contributed by atoms with Gasteiger partial charge in [-0.25, -0.2) is 4.98 Å². The van der Waals surface area contributed by atoms with Crippen molar-refractivity contribution >= 4 is 21.7 Å². The Morgan fingerprint density at radius 3 is 3.00 bits per heavy atom. The molecule has 0 bridgehead atoms. The van der Waals surface area contributed by atoms with Crippen LogP contribution < -0.4 is 5.73 Å². The average Bonchev–Trinajstić information content (AvgIpc) is 2.63. The molecule has 2 heterocycles. The van der Waals surface area contributed by atoms with Gasteiger partial charge in [-0.05, 0) is 28.9 Å². The first kappa shape index (κ1) is 11.1. The number of halogens is 1. The number of pyridine rings is 1. The van der Waals surface area contributed by atoms with Crippen molar-refractivity contribution in [2.24, 2.45) is 0 Å². The predicted octanol–water partition coefficient (Wildman–Crippen LogP) is 2.23. The largest absolute Gasteiger partial charge is 0.383 e. The van der Waals surface area contributed by atoms with Gasteiger partial charge in [-0.15, -0.1) is 0 Å². The van der Waals surface area contributed by atoms with E-state index in [1.807, 2.05) is 23.0 Å². The second kappa shape index (κ2) is 4.65. The second-order valence-electron chi connectivity index (χ2n) is 3.48. The normalized spacial score (nSPS) is 10.6. The first-order valence-electron chi connectivity index (χ1n) is 5.12. The summed E-state index contributed by atoms with van der Waals surface area (Å²) in [6.07, 6.45) is 4.25. The zero-order valence-corrected chi connectivity index (χ0v) is 10.6. The number of rotatable bonds is 3. The number of hydrogen-bond acceptors (Lipinski definition) is 3. The fourth-order valence-electron chi connectivity index (χ4n) is 1.62. The SMILES string of the molecule is CCn1ncc(Br)c1Cc1cccnc1N. The van der Waals surface area contributed by atoms with E-state index < -0.39 is 0 Å². The molecule has 0 unspecified atom stereocenters. The van der Waals surface area contributed by atoms with Crippen LogP contribution in [0.3, 0.4) is 0 Å². The van der Waals surface area contributed by atoms with Crippen molar-refractivity contribution in [2.45, 2.75) is 19.9 Å². The minimum Gasteiger partial charge on any atom is -0.383 e. The summed E-state index contributed by atoms with van der Waals surface area (Å²) < 4.78 is 2.97. The summed E-state index contributed by atoms with van der Waals surface area (Å²) in [4.78, 5) is 4.08. The fraction of sp³-hybridized carbons (Fsp3) is 0.273. The maximum Gasteiger partial charge on any atom is 0.126 e. The topological polar surface area (TPSA) is 56.7 Å². The molecule has 0 saturated carbocycles. The van der Waals surface area contributed by atoms with Crippen LogP contribution in [0.5, 0.6) is 0 Å². The third-order valence-corrected chi connectivity index (χ3v) is 3.14. The molecular formula is C11H13BrN4. The molecule has 16 heavy (non-hydrogen) atoms.